The summed E-state index contributed by atoms with van der Waals surface area (Å²) in [6.07, 6.45) is 0.542. The van der Waals surface area contributed by atoms with Crippen molar-refractivity contribution in [2.45, 2.75) is 13.3 Å². The van der Waals surface area contributed by atoms with E-state index in [1.807, 2.05) is 14.0 Å². The van der Waals surface area contributed by atoms with Crippen LogP contribution in [0.15, 0.2) is 0 Å². The van der Waals surface area contributed by atoms with Crippen LogP contribution in [0.2, 0.25) is 0 Å². The van der Waals surface area contributed by atoms with Gasteiger partial charge in [-0.05, 0) is 7.05 Å². The van der Waals surface area contributed by atoms with Crippen LogP contribution in [0.5, 0.6) is 0 Å². The van der Waals surface area contributed by atoms with E-state index in [4.69, 9.17) is 9.47 Å². The summed E-state index contributed by atoms with van der Waals surface area (Å²) in [5, 5.41) is 2.97. The third kappa shape index (κ3) is 9.46. The van der Waals surface area contributed by atoms with Crippen LogP contribution in [0.1, 0.15) is 14.8 Å². The van der Waals surface area contributed by atoms with Crippen molar-refractivity contribution in [1.82, 2.24) is 5.32 Å². The van der Waals surface area contributed by atoms with Crippen LogP contribution in [0.3, 0.4) is 0 Å². The molecule has 0 atom stereocenters. The summed E-state index contributed by atoms with van der Waals surface area (Å²) in [6.45, 7) is 4.62. The molecule has 80 valence electrons. The van der Waals surface area contributed by atoms with Crippen LogP contribution in [0.4, 0.5) is 0 Å². The van der Waals surface area contributed by atoms with Crippen LogP contribution < -0.4 is 5.32 Å². The Morgan fingerprint density at radius 1 is 1.31 bits per heavy atom. The van der Waals surface area contributed by atoms with Crippen molar-refractivity contribution >= 4 is 5.78 Å². The Labute approximate surface area is 81.1 Å². The molecule has 0 aliphatic heterocycles. The zero-order chi connectivity index (χ0) is 9.94. The molecule has 0 radical (unpaired) electrons. The molecule has 0 saturated heterocycles. The van der Waals surface area contributed by atoms with Crippen molar-refractivity contribution in [2.75, 3.05) is 40.0 Å². The zero-order valence-corrected chi connectivity index (χ0v) is 8.47. The monoisotopic (exact) mass is 191 g/mol. The van der Waals surface area contributed by atoms with Gasteiger partial charge >= 0.3 is 0 Å². The van der Waals surface area contributed by atoms with E-state index in [1.165, 1.54) is 0 Å². The molecule has 0 fully saturated rings. The number of nitrogens with one attached hydrogen (secondary N) is 1. The number of likely N-dealkylation sites (N-methyl/N-ethyl adjacent to an activating group) is 1. The quantitative estimate of drug-likeness (QED) is 0.538. The topological polar surface area (TPSA) is 47.6 Å². The van der Waals surface area contributed by atoms with Gasteiger partial charge in [-0.1, -0.05) is 6.92 Å². The summed E-state index contributed by atoms with van der Waals surface area (Å²) < 4.78 is 10.3. The smallest absolute Gasteiger partial charge is 0.158 e. The van der Waals surface area contributed by atoms with Crippen molar-refractivity contribution in [3.8, 4) is 0 Å². The third-order valence-corrected chi connectivity index (χ3v) is 1.53. The number of Topliss-reactive ketones (excluding diaryl/α,β-unsaturated/α-hetero) is 1. The van der Waals surface area contributed by atoms with Gasteiger partial charge in [0.2, 0.25) is 0 Å². The molecule has 0 aromatic heterocycles. The predicted molar refractivity (Wildman–Crippen MR) is 53.0 cm³/mol. The van der Waals surface area contributed by atoms with Crippen molar-refractivity contribution < 1.29 is 15.7 Å². The van der Waals surface area contributed by atoms with Gasteiger partial charge in [-0.15, -0.1) is 0 Å². The highest BCUT2D eigenvalue weighted by Gasteiger charge is 1.96. The molecule has 1 N–H and O–H groups in total. The highest BCUT2D eigenvalue weighted by molar-refractivity contribution is 5.79. The van der Waals surface area contributed by atoms with Crippen LogP contribution in [-0.2, 0) is 14.3 Å². The minimum atomic E-state index is 0. The van der Waals surface area contributed by atoms with Gasteiger partial charge in [-0.3, -0.25) is 4.79 Å². The van der Waals surface area contributed by atoms with Crippen molar-refractivity contribution in [1.29, 1.82) is 0 Å². The molecule has 0 aromatic carbocycles. The van der Waals surface area contributed by atoms with Crippen LogP contribution in [-0.4, -0.2) is 45.8 Å². The van der Waals surface area contributed by atoms with E-state index in [1.54, 1.807) is 0 Å². The van der Waals surface area contributed by atoms with Gasteiger partial charge in [0.05, 0.1) is 19.8 Å². The molecule has 0 amide bonds. The summed E-state index contributed by atoms with van der Waals surface area (Å²) in [5.74, 6) is 0.134. The second-order valence-electron chi connectivity index (χ2n) is 2.66. The van der Waals surface area contributed by atoms with E-state index in [0.29, 0.717) is 26.2 Å². The van der Waals surface area contributed by atoms with Crippen LogP contribution in [0, 0.1) is 0 Å². The van der Waals surface area contributed by atoms with E-state index in [-0.39, 0.29) is 13.8 Å². The van der Waals surface area contributed by atoms with Gasteiger partial charge in [0, 0.05) is 14.4 Å². The maximum atomic E-state index is 10.8. The SMILES string of the molecule is CCC(=O)COCCOCCNC.[HH]. The first-order chi connectivity index (χ1) is 6.31. The Morgan fingerprint density at radius 3 is 2.62 bits per heavy atom. The van der Waals surface area contributed by atoms with Gasteiger partial charge in [0.15, 0.2) is 5.78 Å². The molecular weight excluding hydrogens is 170 g/mol. The molecule has 0 unspecified atom stereocenters. The lowest BCUT2D eigenvalue weighted by atomic mass is 10.3. The van der Waals surface area contributed by atoms with E-state index in [2.05, 4.69) is 5.32 Å². The molecule has 4 nitrogen and oxygen atoms in total. The van der Waals surface area contributed by atoms with Gasteiger partial charge in [-0.25, -0.2) is 0 Å². The van der Waals surface area contributed by atoms with Gasteiger partial charge in [-0.2, -0.15) is 0 Å². The lowest BCUT2D eigenvalue weighted by molar-refractivity contribution is -0.123. The fourth-order valence-corrected chi connectivity index (χ4v) is 0.682. The summed E-state index contributed by atoms with van der Waals surface area (Å²) in [5.41, 5.74) is 0. The molecule has 4 heteroatoms. The van der Waals surface area contributed by atoms with E-state index in [0.717, 1.165) is 6.54 Å². The molecule has 0 saturated carbocycles. The number of rotatable bonds is 9. The lowest BCUT2D eigenvalue weighted by Crippen LogP contribution is -2.17. The van der Waals surface area contributed by atoms with Crippen molar-refractivity contribution in [3.05, 3.63) is 0 Å². The fraction of sp³-hybridized carbons (Fsp3) is 0.889. The Kier molecular flexibility index (Phi) is 9.30. The van der Waals surface area contributed by atoms with Crippen LogP contribution >= 0.6 is 0 Å². The first-order valence-corrected chi connectivity index (χ1v) is 4.63. The maximum absolute atomic E-state index is 10.8. The highest BCUT2D eigenvalue weighted by Crippen LogP contribution is 1.83. The van der Waals surface area contributed by atoms with E-state index < -0.39 is 0 Å². The fourth-order valence-electron chi connectivity index (χ4n) is 0.682. The first kappa shape index (κ1) is 12.6. The Bertz CT molecular complexity index is 133. The second-order valence-corrected chi connectivity index (χ2v) is 2.66. The summed E-state index contributed by atoms with van der Waals surface area (Å²) >= 11 is 0. The molecule has 0 spiro atoms. The molecule has 0 heterocycles. The van der Waals surface area contributed by atoms with Crippen molar-refractivity contribution in [3.63, 3.8) is 0 Å². The second kappa shape index (κ2) is 9.64. The molecular formula is C9H21NO3. The van der Waals surface area contributed by atoms with Crippen molar-refractivity contribution in [2.24, 2.45) is 0 Å². The molecule has 0 aromatic rings. The first-order valence-electron chi connectivity index (χ1n) is 4.63. The number of hydrogen-bond donors (Lipinski definition) is 1. The Morgan fingerprint density at radius 2 is 2.00 bits per heavy atom. The molecule has 0 aliphatic rings. The van der Waals surface area contributed by atoms with Gasteiger partial charge in [0.25, 0.3) is 0 Å². The third-order valence-electron chi connectivity index (χ3n) is 1.53. The van der Waals surface area contributed by atoms with E-state index in [9.17, 15) is 4.79 Å². The van der Waals surface area contributed by atoms with E-state index >= 15 is 0 Å². The average Bonchev–Trinajstić information content (AvgIpc) is 2.16. The summed E-state index contributed by atoms with van der Waals surface area (Å²) in [4.78, 5) is 10.8. The molecule has 0 bridgehead atoms. The largest absolute Gasteiger partial charge is 0.378 e. The average molecular weight is 191 g/mol. The van der Waals surface area contributed by atoms with Gasteiger partial charge < -0.3 is 14.8 Å². The Hall–Kier alpha value is -0.450. The normalized spacial score (nSPS) is 10.3. The molecule has 0 rings (SSSR count). The minimum absolute atomic E-state index is 0. The summed E-state index contributed by atoms with van der Waals surface area (Å²) in [6, 6.07) is 0. The van der Waals surface area contributed by atoms with Crippen LogP contribution in [0.25, 0.3) is 0 Å². The number of ketones is 1. The summed E-state index contributed by atoms with van der Waals surface area (Å²) in [7, 11) is 1.87. The molecule has 0 aliphatic carbocycles. The number of carbonyl (C=O) groups excluding carboxylic acids is 1. The lowest BCUT2D eigenvalue weighted by Gasteiger charge is -2.04. The standard InChI is InChI=1S/C9H19NO3.H2/c1-3-9(11)8-13-7-6-12-5-4-10-2;/h10H,3-8H2,1-2H3;1H. The number of carbonyl (C=O) groups is 1. The number of hydrogen-bond acceptors (Lipinski definition) is 4. The van der Waals surface area contributed by atoms with Gasteiger partial charge in [0.1, 0.15) is 6.61 Å². The molecule has 13 heavy (non-hydrogen) atoms. The Balaban J connectivity index is 0. The minimum Gasteiger partial charge on any atom is -0.378 e. The predicted octanol–water partition coefficient (Wildman–Crippen LogP) is 0.464. The number of ether oxygens (including phenoxy) is 2. The highest BCUT2D eigenvalue weighted by atomic mass is 16.5. The zero-order valence-electron chi connectivity index (χ0n) is 8.47. The maximum Gasteiger partial charge on any atom is 0.158 e.